The fourth-order valence-corrected chi connectivity index (χ4v) is 1.27. The van der Waals surface area contributed by atoms with Crippen molar-refractivity contribution in [3.05, 3.63) is 0 Å². The molecule has 1 atom stereocenters. The third-order valence-electron chi connectivity index (χ3n) is 1.64. The van der Waals surface area contributed by atoms with Crippen LogP contribution in [0.25, 0.3) is 0 Å². The monoisotopic (exact) mass is 285 g/mol. The van der Waals surface area contributed by atoms with Crippen LogP contribution in [0.5, 0.6) is 0 Å². The van der Waals surface area contributed by atoms with Gasteiger partial charge in [-0.15, -0.1) is 0 Å². The second-order valence-corrected chi connectivity index (χ2v) is 3.75. The molecule has 0 aromatic carbocycles. The van der Waals surface area contributed by atoms with Crippen LogP contribution in [-0.2, 0) is 9.53 Å². The van der Waals surface area contributed by atoms with Crippen molar-refractivity contribution in [2.45, 2.75) is 33.3 Å². The Morgan fingerprint density at radius 1 is 1.58 bits per heavy atom. The Morgan fingerprint density at radius 3 is 2.50 bits per heavy atom. The summed E-state index contributed by atoms with van der Waals surface area (Å²) in [5, 5.41) is 0. The van der Waals surface area contributed by atoms with E-state index in [4.69, 9.17) is 4.74 Å². The number of hydrogen-bond acceptors (Lipinski definition) is 3. The molecule has 0 saturated carbocycles. The maximum Gasteiger partial charge on any atom is 0.320 e. The highest BCUT2D eigenvalue weighted by Gasteiger charge is 2.15. The Morgan fingerprint density at radius 2 is 2.17 bits per heavy atom. The van der Waals surface area contributed by atoms with Crippen molar-refractivity contribution in [1.29, 1.82) is 0 Å². The number of carbonyl (C=O) groups excluding carboxylic acids is 1. The van der Waals surface area contributed by atoms with Crippen molar-refractivity contribution in [2.75, 3.05) is 6.54 Å². The van der Waals surface area contributed by atoms with Gasteiger partial charge in [-0.3, -0.25) is 4.79 Å². The molecular formula is C8H16INO2. The quantitative estimate of drug-likeness (QED) is 0.476. The third-order valence-corrected chi connectivity index (χ3v) is 2.02. The van der Waals surface area contributed by atoms with Crippen molar-refractivity contribution >= 4 is 28.8 Å². The highest BCUT2D eigenvalue weighted by atomic mass is 127. The van der Waals surface area contributed by atoms with E-state index in [9.17, 15) is 4.79 Å². The number of rotatable bonds is 5. The summed E-state index contributed by atoms with van der Waals surface area (Å²) < 4.78 is 7.93. The molecule has 0 aliphatic rings. The summed E-state index contributed by atoms with van der Waals surface area (Å²) in [4.78, 5) is 11.0. The molecule has 4 heteroatoms. The molecule has 1 N–H and O–H groups in total. The van der Waals surface area contributed by atoms with Crippen molar-refractivity contribution in [3.63, 3.8) is 0 Å². The van der Waals surface area contributed by atoms with Crippen LogP contribution in [0, 0.1) is 5.92 Å². The fourth-order valence-electron chi connectivity index (χ4n) is 0.956. The van der Waals surface area contributed by atoms with Gasteiger partial charge in [0, 0.05) is 22.9 Å². The minimum absolute atomic E-state index is 0.0576. The van der Waals surface area contributed by atoms with Crippen molar-refractivity contribution < 1.29 is 9.53 Å². The van der Waals surface area contributed by atoms with Gasteiger partial charge in [0.15, 0.2) is 0 Å². The van der Waals surface area contributed by atoms with Crippen LogP contribution in [0.2, 0.25) is 0 Å². The van der Waals surface area contributed by atoms with Gasteiger partial charge in [0.25, 0.3) is 0 Å². The molecular weight excluding hydrogens is 269 g/mol. The molecule has 72 valence electrons. The second kappa shape index (κ2) is 6.65. The maximum absolute atomic E-state index is 11.0. The van der Waals surface area contributed by atoms with E-state index in [1.165, 1.54) is 0 Å². The highest BCUT2D eigenvalue weighted by Crippen LogP contribution is 2.10. The van der Waals surface area contributed by atoms with Gasteiger partial charge in [-0.25, -0.2) is 3.53 Å². The Hall–Kier alpha value is 0.160. The van der Waals surface area contributed by atoms with Crippen LogP contribution in [-0.4, -0.2) is 18.6 Å². The van der Waals surface area contributed by atoms with Crippen molar-refractivity contribution in [3.8, 4) is 0 Å². The minimum atomic E-state index is -0.176. The predicted octanol–water partition coefficient (Wildman–Crippen LogP) is 1.90. The molecule has 3 nitrogen and oxygen atoms in total. The van der Waals surface area contributed by atoms with Crippen LogP contribution in [0.4, 0.5) is 0 Å². The van der Waals surface area contributed by atoms with Crippen LogP contribution < -0.4 is 3.53 Å². The molecule has 0 heterocycles. The number of carbonyl (C=O) groups is 1. The van der Waals surface area contributed by atoms with E-state index in [1.807, 2.05) is 29.8 Å². The SMILES string of the molecule is CCC(OC(=O)CNI)C(C)C. The number of hydrogen-bond donors (Lipinski definition) is 1. The van der Waals surface area contributed by atoms with E-state index in [-0.39, 0.29) is 18.6 Å². The Kier molecular flexibility index (Phi) is 6.74. The summed E-state index contributed by atoms with van der Waals surface area (Å²) in [5.41, 5.74) is 0. The lowest BCUT2D eigenvalue weighted by atomic mass is 10.1. The number of ether oxygens (including phenoxy) is 1. The summed E-state index contributed by atoms with van der Waals surface area (Å²) in [6.07, 6.45) is 0.937. The third kappa shape index (κ3) is 4.92. The molecule has 0 aliphatic heterocycles. The molecule has 0 radical (unpaired) electrons. The van der Waals surface area contributed by atoms with Crippen molar-refractivity contribution in [2.24, 2.45) is 5.92 Å². The predicted molar refractivity (Wildman–Crippen MR) is 57.0 cm³/mol. The molecule has 0 fully saturated rings. The van der Waals surface area contributed by atoms with Crippen LogP contribution >= 0.6 is 22.9 Å². The molecule has 0 rings (SSSR count). The average Bonchev–Trinajstić information content (AvgIpc) is 2.00. The Labute approximate surface area is 87.7 Å². The van der Waals surface area contributed by atoms with E-state index in [1.54, 1.807) is 0 Å². The summed E-state index contributed by atoms with van der Waals surface area (Å²) in [6, 6.07) is 0. The first-order chi connectivity index (χ1) is 5.61. The van der Waals surface area contributed by atoms with E-state index in [0.717, 1.165) is 6.42 Å². The largest absolute Gasteiger partial charge is 0.461 e. The van der Waals surface area contributed by atoms with Gasteiger partial charge in [0.2, 0.25) is 0 Å². The summed E-state index contributed by atoms with van der Waals surface area (Å²) in [6.45, 7) is 6.41. The lowest BCUT2D eigenvalue weighted by molar-refractivity contribution is -0.149. The van der Waals surface area contributed by atoms with E-state index in [2.05, 4.69) is 17.4 Å². The molecule has 0 aromatic heterocycles. The number of halogens is 1. The number of nitrogens with one attached hydrogen (secondary N) is 1. The van der Waals surface area contributed by atoms with Gasteiger partial charge < -0.3 is 4.74 Å². The molecule has 0 aromatic rings. The minimum Gasteiger partial charge on any atom is -0.461 e. The fraction of sp³-hybridized carbons (Fsp3) is 0.875. The molecule has 0 spiro atoms. The first kappa shape index (κ1) is 12.2. The standard InChI is InChI=1S/C8H16INO2/c1-4-7(6(2)3)12-8(11)5-10-9/h6-7,10H,4-5H2,1-3H3. The van der Waals surface area contributed by atoms with Gasteiger partial charge >= 0.3 is 5.97 Å². The highest BCUT2D eigenvalue weighted by molar-refractivity contribution is 14.1. The second-order valence-electron chi connectivity index (χ2n) is 2.99. The lowest BCUT2D eigenvalue weighted by Crippen LogP contribution is -2.27. The van der Waals surface area contributed by atoms with Crippen LogP contribution in [0.15, 0.2) is 0 Å². The molecule has 1 unspecified atom stereocenters. The van der Waals surface area contributed by atoms with Gasteiger partial charge in [-0.05, 0) is 12.3 Å². The molecule has 0 aliphatic carbocycles. The van der Waals surface area contributed by atoms with Crippen molar-refractivity contribution in [1.82, 2.24) is 3.53 Å². The zero-order valence-electron chi connectivity index (χ0n) is 7.76. The summed E-state index contributed by atoms with van der Waals surface area (Å²) in [7, 11) is 0. The molecule has 0 bridgehead atoms. The zero-order valence-corrected chi connectivity index (χ0v) is 9.92. The molecule has 12 heavy (non-hydrogen) atoms. The van der Waals surface area contributed by atoms with E-state index < -0.39 is 0 Å². The van der Waals surface area contributed by atoms with Crippen LogP contribution in [0.3, 0.4) is 0 Å². The van der Waals surface area contributed by atoms with E-state index >= 15 is 0 Å². The Balaban J connectivity index is 3.77. The van der Waals surface area contributed by atoms with Gasteiger partial charge in [-0.2, -0.15) is 0 Å². The number of esters is 1. The normalized spacial score (nSPS) is 13.1. The first-order valence-electron chi connectivity index (χ1n) is 4.14. The van der Waals surface area contributed by atoms with Gasteiger partial charge in [0.1, 0.15) is 12.6 Å². The summed E-state index contributed by atoms with van der Waals surface area (Å²) in [5.74, 6) is 0.220. The first-order valence-corrected chi connectivity index (χ1v) is 5.22. The average molecular weight is 285 g/mol. The maximum atomic E-state index is 11.0. The zero-order chi connectivity index (χ0) is 9.56. The van der Waals surface area contributed by atoms with Gasteiger partial charge in [0.05, 0.1) is 0 Å². The lowest BCUT2D eigenvalue weighted by Gasteiger charge is -2.19. The van der Waals surface area contributed by atoms with E-state index in [0.29, 0.717) is 5.92 Å². The smallest absolute Gasteiger partial charge is 0.320 e. The van der Waals surface area contributed by atoms with Crippen LogP contribution in [0.1, 0.15) is 27.2 Å². The summed E-state index contributed by atoms with van der Waals surface area (Å²) >= 11 is 1.93. The topological polar surface area (TPSA) is 38.3 Å². The van der Waals surface area contributed by atoms with Gasteiger partial charge in [-0.1, -0.05) is 20.8 Å². The molecule has 0 amide bonds. The molecule has 0 saturated heterocycles. The Bertz CT molecular complexity index is 139.